The van der Waals surface area contributed by atoms with Crippen molar-refractivity contribution in [1.82, 2.24) is 4.90 Å². The van der Waals surface area contributed by atoms with Crippen LogP contribution in [0.4, 0.5) is 0 Å². The van der Waals surface area contributed by atoms with E-state index in [0.29, 0.717) is 11.9 Å². The van der Waals surface area contributed by atoms with Crippen molar-refractivity contribution in [2.75, 3.05) is 18.9 Å². The number of amides is 1. The average Bonchev–Trinajstić information content (AvgIpc) is 1.87. The van der Waals surface area contributed by atoms with Gasteiger partial charge < -0.3 is 4.90 Å². The molecule has 9 heavy (non-hydrogen) atoms. The van der Waals surface area contributed by atoms with Gasteiger partial charge in [0.05, 0.1) is 11.9 Å². The van der Waals surface area contributed by atoms with E-state index in [4.69, 9.17) is 6.42 Å². The third-order valence-electron chi connectivity index (χ3n) is 0.869. The summed E-state index contributed by atoms with van der Waals surface area (Å²) >= 11 is 3.03. The van der Waals surface area contributed by atoms with Crippen LogP contribution in [-0.4, -0.2) is 29.7 Å². The Morgan fingerprint density at radius 1 is 1.89 bits per heavy atom. The molecule has 0 fully saturated rings. The van der Waals surface area contributed by atoms with Gasteiger partial charge in [-0.2, -0.15) is 0 Å². The number of carbonyl (C=O) groups excluding carboxylic acids is 1. The second kappa shape index (κ2) is 4.39. The number of nitrogens with zero attached hydrogens (tertiary/aromatic N) is 1. The molecule has 0 saturated heterocycles. The molecule has 0 bridgehead atoms. The summed E-state index contributed by atoms with van der Waals surface area (Å²) in [4.78, 5) is 12.2. The molecule has 50 valence electrons. The fourth-order valence-electron chi connectivity index (χ4n) is 0.327. The molecular formula is C6H8BrNO. The van der Waals surface area contributed by atoms with Crippen LogP contribution in [-0.2, 0) is 4.79 Å². The van der Waals surface area contributed by atoms with E-state index in [0.717, 1.165) is 0 Å². The van der Waals surface area contributed by atoms with Crippen molar-refractivity contribution in [2.24, 2.45) is 0 Å². The average molecular weight is 190 g/mol. The van der Waals surface area contributed by atoms with E-state index >= 15 is 0 Å². The summed E-state index contributed by atoms with van der Waals surface area (Å²) in [7, 11) is 1.67. The van der Waals surface area contributed by atoms with Crippen molar-refractivity contribution in [2.45, 2.75) is 0 Å². The van der Waals surface area contributed by atoms with E-state index < -0.39 is 0 Å². The van der Waals surface area contributed by atoms with E-state index in [-0.39, 0.29) is 5.91 Å². The minimum absolute atomic E-state index is 0.00736. The fourth-order valence-corrected chi connectivity index (χ4v) is 0.755. The summed E-state index contributed by atoms with van der Waals surface area (Å²) in [6.07, 6.45) is 4.96. The van der Waals surface area contributed by atoms with Crippen molar-refractivity contribution in [3.05, 3.63) is 0 Å². The van der Waals surface area contributed by atoms with Gasteiger partial charge in [-0.3, -0.25) is 4.79 Å². The molecule has 2 nitrogen and oxygen atoms in total. The van der Waals surface area contributed by atoms with Crippen LogP contribution in [0.3, 0.4) is 0 Å². The van der Waals surface area contributed by atoms with Gasteiger partial charge in [0.1, 0.15) is 0 Å². The molecule has 0 aliphatic rings. The first-order valence-electron chi connectivity index (χ1n) is 2.45. The zero-order valence-corrected chi connectivity index (χ0v) is 6.81. The molecule has 0 aliphatic heterocycles. The van der Waals surface area contributed by atoms with Gasteiger partial charge in [-0.25, -0.2) is 0 Å². The number of hydrogen-bond acceptors (Lipinski definition) is 1. The molecule has 0 aromatic heterocycles. The molecule has 3 heteroatoms. The van der Waals surface area contributed by atoms with Crippen molar-refractivity contribution < 1.29 is 4.79 Å². The first-order chi connectivity index (χ1) is 4.22. The highest BCUT2D eigenvalue weighted by atomic mass is 79.9. The number of hydrogen-bond donors (Lipinski definition) is 0. The second-order valence-corrected chi connectivity index (χ2v) is 2.15. The lowest BCUT2D eigenvalue weighted by atomic mass is 10.5. The smallest absolute Gasteiger partial charge is 0.233 e. The van der Waals surface area contributed by atoms with Gasteiger partial charge in [0, 0.05) is 7.05 Å². The van der Waals surface area contributed by atoms with Gasteiger partial charge in [0.2, 0.25) is 5.91 Å². The number of rotatable bonds is 2. The van der Waals surface area contributed by atoms with Crippen LogP contribution < -0.4 is 0 Å². The Bertz CT molecular complexity index is 138. The van der Waals surface area contributed by atoms with Crippen LogP contribution in [0, 0.1) is 12.3 Å². The molecule has 0 aliphatic carbocycles. The maximum atomic E-state index is 10.7. The summed E-state index contributed by atoms with van der Waals surface area (Å²) in [5, 5.41) is 0.338. The zero-order valence-electron chi connectivity index (χ0n) is 5.22. The molecule has 1 amide bonds. The van der Waals surface area contributed by atoms with Gasteiger partial charge >= 0.3 is 0 Å². The van der Waals surface area contributed by atoms with Crippen LogP contribution in [0.25, 0.3) is 0 Å². The highest BCUT2D eigenvalue weighted by Gasteiger charge is 2.02. The van der Waals surface area contributed by atoms with Gasteiger partial charge in [-0.15, -0.1) is 6.42 Å². The molecule has 0 heterocycles. The predicted octanol–water partition coefficient (Wildman–Crippen LogP) is 0.473. The first kappa shape index (κ1) is 8.51. The predicted molar refractivity (Wildman–Crippen MR) is 40.3 cm³/mol. The third-order valence-corrected chi connectivity index (χ3v) is 1.35. The lowest BCUT2D eigenvalue weighted by Gasteiger charge is -2.10. The van der Waals surface area contributed by atoms with E-state index in [1.165, 1.54) is 4.90 Å². The van der Waals surface area contributed by atoms with E-state index in [2.05, 4.69) is 21.9 Å². The number of terminal acetylenes is 1. The maximum Gasteiger partial charge on any atom is 0.233 e. The minimum atomic E-state index is 0.00736. The topological polar surface area (TPSA) is 20.3 Å². The van der Waals surface area contributed by atoms with Gasteiger partial charge in [0.25, 0.3) is 0 Å². The van der Waals surface area contributed by atoms with Crippen LogP contribution in [0.15, 0.2) is 0 Å². The maximum absolute atomic E-state index is 10.7. The summed E-state index contributed by atoms with van der Waals surface area (Å²) in [5.74, 6) is 2.37. The summed E-state index contributed by atoms with van der Waals surface area (Å²) < 4.78 is 0. The Morgan fingerprint density at radius 2 is 2.44 bits per heavy atom. The lowest BCUT2D eigenvalue weighted by Crippen LogP contribution is -2.27. The van der Waals surface area contributed by atoms with Crippen LogP contribution in [0.1, 0.15) is 0 Å². The van der Waals surface area contributed by atoms with E-state index in [1.54, 1.807) is 7.05 Å². The Hall–Kier alpha value is -0.490. The summed E-state index contributed by atoms with van der Waals surface area (Å²) in [6, 6.07) is 0. The van der Waals surface area contributed by atoms with Gasteiger partial charge in [-0.05, 0) is 0 Å². The van der Waals surface area contributed by atoms with Gasteiger partial charge in [-0.1, -0.05) is 21.9 Å². The minimum Gasteiger partial charge on any atom is -0.334 e. The molecule has 0 unspecified atom stereocenters. The Kier molecular flexibility index (Phi) is 4.16. The van der Waals surface area contributed by atoms with Crippen LogP contribution >= 0.6 is 15.9 Å². The molecule has 0 N–H and O–H groups in total. The Morgan fingerprint density at radius 3 is 2.78 bits per heavy atom. The normalized spacial score (nSPS) is 8.11. The van der Waals surface area contributed by atoms with Crippen molar-refractivity contribution in [3.63, 3.8) is 0 Å². The Labute approximate surface area is 63.4 Å². The highest BCUT2D eigenvalue weighted by Crippen LogP contribution is 1.87. The molecule has 0 saturated carbocycles. The molecule has 0 spiro atoms. The second-order valence-electron chi connectivity index (χ2n) is 1.59. The fraction of sp³-hybridized carbons (Fsp3) is 0.500. The van der Waals surface area contributed by atoms with E-state index in [1.807, 2.05) is 0 Å². The Balaban J connectivity index is 3.62. The monoisotopic (exact) mass is 189 g/mol. The molecule has 0 atom stereocenters. The number of carbonyl (C=O) groups is 1. The molecule has 0 aromatic rings. The molecule has 0 aromatic carbocycles. The third kappa shape index (κ3) is 3.15. The van der Waals surface area contributed by atoms with E-state index in [9.17, 15) is 4.79 Å². The van der Waals surface area contributed by atoms with Crippen LogP contribution in [0.5, 0.6) is 0 Å². The first-order valence-corrected chi connectivity index (χ1v) is 3.58. The number of halogens is 1. The number of alkyl halides is 1. The van der Waals surface area contributed by atoms with Crippen molar-refractivity contribution in [3.8, 4) is 12.3 Å². The van der Waals surface area contributed by atoms with Crippen molar-refractivity contribution >= 4 is 21.8 Å². The SMILES string of the molecule is C#CCN(C)C(=O)CBr. The molecule has 0 radical (unpaired) electrons. The largest absolute Gasteiger partial charge is 0.334 e. The molecule has 0 rings (SSSR count). The van der Waals surface area contributed by atoms with Crippen molar-refractivity contribution in [1.29, 1.82) is 0 Å². The highest BCUT2D eigenvalue weighted by molar-refractivity contribution is 9.09. The molecular weight excluding hydrogens is 182 g/mol. The van der Waals surface area contributed by atoms with Crippen LogP contribution in [0.2, 0.25) is 0 Å². The standard InChI is InChI=1S/C6H8BrNO/c1-3-4-8(2)6(9)5-7/h1H,4-5H2,2H3. The summed E-state index contributed by atoms with van der Waals surface area (Å²) in [6.45, 7) is 0.379. The lowest BCUT2D eigenvalue weighted by molar-refractivity contribution is -0.126. The summed E-state index contributed by atoms with van der Waals surface area (Å²) in [5.41, 5.74) is 0. The zero-order chi connectivity index (χ0) is 7.28. The van der Waals surface area contributed by atoms with Gasteiger partial charge in [0.15, 0.2) is 0 Å². The quantitative estimate of drug-likeness (QED) is 0.458.